The smallest absolute Gasteiger partial charge is 0.255 e. The lowest BCUT2D eigenvalue weighted by atomic mass is 9.83. The summed E-state index contributed by atoms with van der Waals surface area (Å²) >= 11 is 3.72. The Hall–Kier alpha value is -3.42. The Morgan fingerprint density at radius 2 is 1.75 bits per heavy atom. The van der Waals surface area contributed by atoms with Gasteiger partial charge in [-0.25, -0.2) is 4.99 Å². The van der Waals surface area contributed by atoms with Crippen LogP contribution in [0.1, 0.15) is 54.9 Å². The van der Waals surface area contributed by atoms with Crippen molar-refractivity contribution in [1.82, 2.24) is 4.90 Å². The van der Waals surface area contributed by atoms with E-state index in [1.165, 1.54) is 0 Å². The molecule has 3 aromatic rings. The number of amides is 1. The van der Waals surface area contributed by atoms with Gasteiger partial charge in [0.05, 0.1) is 6.61 Å². The number of hydrogen-bond acceptors (Lipinski definition) is 5. The second-order valence-corrected chi connectivity index (χ2v) is 11.0. The molecule has 2 aliphatic heterocycles. The van der Waals surface area contributed by atoms with Crippen LogP contribution in [0.15, 0.2) is 94.4 Å². The average molecular weight is 604 g/mol. The predicted molar refractivity (Wildman–Crippen MR) is 161 cm³/mol. The largest absolute Gasteiger partial charge is 0.494 e. The van der Waals surface area contributed by atoms with Gasteiger partial charge in [-0.1, -0.05) is 76.6 Å². The molecule has 40 heavy (non-hydrogen) atoms. The highest BCUT2D eigenvalue weighted by Gasteiger charge is 2.54. The summed E-state index contributed by atoms with van der Waals surface area (Å²) in [7, 11) is 0. The Bertz CT molecular complexity index is 1340. The van der Waals surface area contributed by atoms with E-state index in [2.05, 4.69) is 22.0 Å². The number of benzene rings is 3. The fraction of sp³-hybridized carbons (Fsp3) is 0.333. The minimum Gasteiger partial charge on any atom is -0.494 e. The van der Waals surface area contributed by atoms with Crippen molar-refractivity contribution in [3.8, 4) is 5.75 Å². The van der Waals surface area contributed by atoms with Crippen molar-refractivity contribution in [3.63, 3.8) is 0 Å². The van der Waals surface area contributed by atoms with E-state index in [0.717, 1.165) is 53.5 Å². The van der Waals surface area contributed by atoms with Crippen molar-refractivity contribution in [2.24, 2.45) is 4.99 Å². The molecule has 0 spiro atoms. The highest BCUT2D eigenvalue weighted by Crippen LogP contribution is 2.46. The first-order valence-corrected chi connectivity index (χ1v) is 14.8. The minimum absolute atomic E-state index is 0.00428. The molecule has 2 aliphatic rings. The van der Waals surface area contributed by atoms with E-state index in [1.54, 1.807) is 0 Å². The number of aliphatic hydroxyl groups is 1. The van der Waals surface area contributed by atoms with Gasteiger partial charge in [0, 0.05) is 48.1 Å². The van der Waals surface area contributed by atoms with Gasteiger partial charge in [0.2, 0.25) is 5.90 Å². The molecule has 0 aromatic heterocycles. The molecular formula is C33H35BrN2O4. The van der Waals surface area contributed by atoms with Crippen LogP contribution in [0, 0.1) is 0 Å². The number of ether oxygens (including phenoxy) is 2. The van der Waals surface area contributed by atoms with Crippen LogP contribution >= 0.6 is 15.9 Å². The van der Waals surface area contributed by atoms with Gasteiger partial charge in [-0.15, -0.1) is 0 Å². The molecule has 0 radical (unpaired) electrons. The lowest BCUT2D eigenvalue weighted by Crippen LogP contribution is -2.51. The van der Waals surface area contributed by atoms with Crippen molar-refractivity contribution in [2.75, 3.05) is 26.3 Å². The summed E-state index contributed by atoms with van der Waals surface area (Å²) in [5.74, 6) is 1.16. The summed E-state index contributed by atoms with van der Waals surface area (Å²) in [5, 5.41) is 9.03. The highest BCUT2D eigenvalue weighted by atomic mass is 79.9. The number of rotatable bonds is 10. The zero-order valence-corrected chi connectivity index (χ0v) is 24.1. The molecule has 1 fully saturated rings. The molecule has 1 saturated heterocycles. The van der Waals surface area contributed by atoms with Crippen molar-refractivity contribution in [2.45, 2.75) is 43.7 Å². The maximum Gasteiger partial charge on any atom is 0.255 e. The van der Waals surface area contributed by atoms with Crippen molar-refractivity contribution in [1.29, 1.82) is 0 Å². The molecule has 208 valence electrons. The lowest BCUT2D eigenvalue weighted by molar-refractivity contribution is -0.140. The molecule has 1 amide bonds. The van der Waals surface area contributed by atoms with Crippen LogP contribution in [0.25, 0.3) is 6.08 Å². The van der Waals surface area contributed by atoms with Gasteiger partial charge >= 0.3 is 0 Å². The number of aliphatic hydroxyl groups excluding tert-OH is 1. The number of aliphatic imine (C=N–C) groups is 1. The standard InChI is InChI=1S/C33H35BrN2O4/c34-29-15-6-5-14-28(29)30-33(32(38)36-21-7-2-8-22-36,20-9-13-25-11-3-1-4-12-25)35-31(40-30)26-16-18-27(19-17-26)39-24-10-23-37/h1,3-6,9,11-19,30,37H,2,7-8,10,20-24H2/b13-9+/t30-,33-/m1/s1. The maximum absolute atomic E-state index is 14.5. The predicted octanol–water partition coefficient (Wildman–Crippen LogP) is 6.58. The summed E-state index contributed by atoms with van der Waals surface area (Å²) in [6, 6.07) is 25.6. The topological polar surface area (TPSA) is 71.4 Å². The number of hydrogen-bond donors (Lipinski definition) is 1. The number of nitrogens with zero attached hydrogens (tertiary/aromatic N) is 2. The summed E-state index contributed by atoms with van der Waals surface area (Å²) in [6.07, 6.45) is 7.60. The van der Waals surface area contributed by atoms with Crippen LogP contribution in [-0.2, 0) is 9.53 Å². The number of halogens is 1. The summed E-state index contributed by atoms with van der Waals surface area (Å²) in [5.41, 5.74) is 1.59. The van der Waals surface area contributed by atoms with E-state index in [0.29, 0.717) is 31.1 Å². The molecule has 6 nitrogen and oxygen atoms in total. The van der Waals surface area contributed by atoms with Gasteiger partial charge in [-0.3, -0.25) is 4.79 Å². The van der Waals surface area contributed by atoms with Crippen molar-refractivity contribution >= 4 is 33.8 Å². The van der Waals surface area contributed by atoms with Crippen LogP contribution in [0.2, 0.25) is 0 Å². The minimum atomic E-state index is -1.15. The van der Waals surface area contributed by atoms with E-state index < -0.39 is 11.6 Å². The maximum atomic E-state index is 14.5. The van der Waals surface area contributed by atoms with Gasteiger partial charge in [0.25, 0.3) is 5.91 Å². The molecule has 2 atom stereocenters. The van der Waals surface area contributed by atoms with Crippen molar-refractivity contribution < 1.29 is 19.4 Å². The molecule has 0 bridgehead atoms. The SMILES string of the molecule is O=C(N1CCCCC1)[C@]1(C/C=C/c2ccccc2)N=C(c2ccc(OCCCO)cc2)O[C@@H]1c1ccccc1Br. The average Bonchev–Trinajstić information content (AvgIpc) is 3.39. The van der Waals surface area contributed by atoms with Gasteiger partial charge in [-0.05, 0) is 55.2 Å². The van der Waals surface area contributed by atoms with E-state index in [4.69, 9.17) is 19.6 Å². The second kappa shape index (κ2) is 13.3. The third-order valence-corrected chi connectivity index (χ3v) is 8.10. The molecular weight excluding hydrogens is 568 g/mol. The number of likely N-dealkylation sites (tertiary alicyclic amines) is 1. The lowest BCUT2D eigenvalue weighted by Gasteiger charge is -2.37. The van der Waals surface area contributed by atoms with E-state index >= 15 is 0 Å². The Labute approximate surface area is 244 Å². The second-order valence-electron chi connectivity index (χ2n) is 10.2. The molecule has 1 N–H and O–H groups in total. The van der Waals surface area contributed by atoms with Gasteiger partial charge in [-0.2, -0.15) is 0 Å². The first kappa shape index (κ1) is 28.1. The summed E-state index contributed by atoms with van der Waals surface area (Å²) in [4.78, 5) is 21.6. The normalized spacial score (nSPS) is 20.8. The monoisotopic (exact) mass is 602 g/mol. The van der Waals surface area contributed by atoms with Crippen LogP contribution < -0.4 is 4.74 Å². The van der Waals surface area contributed by atoms with Gasteiger partial charge < -0.3 is 19.5 Å². The fourth-order valence-electron chi connectivity index (χ4n) is 5.27. The Kier molecular flexibility index (Phi) is 9.34. The van der Waals surface area contributed by atoms with E-state index in [1.807, 2.05) is 89.8 Å². The molecule has 0 saturated carbocycles. The molecule has 5 rings (SSSR count). The molecule has 0 unspecified atom stereocenters. The Morgan fingerprint density at radius 3 is 2.48 bits per heavy atom. The first-order chi connectivity index (χ1) is 19.6. The fourth-order valence-corrected chi connectivity index (χ4v) is 5.77. The third kappa shape index (κ3) is 6.31. The van der Waals surface area contributed by atoms with Crippen LogP contribution in [0.3, 0.4) is 0 Å². The number of carbonyl (C=O) groups is 1. The Balaban J connectivity index is 1.55. The van der Waals surface area contributed by atoms with Crippen LogP contribution in [-0.4, -0.2) is 53.7 Å². The van der Waals surface area contributed by atoms with Crippen molar-refractivity contribution in [3.05, 3.63) is 106 Å². The zero-order chi connectivity index (χ0) is 27.8. The number of carbonyl (C=O) groups excluding carboxylic acids is 1. The molecule has 3 aromatic carbocycles. The highest BCUT2D eigenvalue weighted by molar-refractivity contribution is 9.10. The number of piperidine rings is 1. The van der Waals surface area contributed by atoms with Gasteiger partial charge in [0.1, 0.15) is 5.75 Å². The summed E-state index contributed by atoms with van der Waals surface area (Å²) in [6.45, 7) is 2.00. The Morgan fingerprint density at radius 1 is 1.02 bits per heavy atom. The summed E-state index contributed by atoms with van der Waals surface area (Å²) < 4.78 is 13.2. The van der Waals surface area contributed by atoms with Crippen LogP contribution in [0.4, 0.5) is 0 Å². The molecule has 7 heteroatoms. The van der Waals surface area contributed by atoms with Crippen LogP contribution in [0.5, 0.6) is 5.75 Å². The zero-order valence-electron chi connectivity index (χ0n) is 22.5. The third-order valence-electron chi connectivity index (χ3n) is 7.38. The molecule has 0 aliphatic carbocycles. The van der Waals surface area contributed by atoms with E-state index in [-0.39, 0.29) is 12.5 Å². The van der Waals surface area contributed by atoms with Gasteiger partial charge in [0.15, 0.2) is 11.6 Å². The first-order valence-electron chi connectivity index (χ1n) is 14.0. The quantitative estimate of drug-likeness (QED) is 0.266. The molecule has 2 heterocycles. The van der Waals surface area contributed by atoms with E-state index in [9.17, 15) is 4.79 Å².